The fraction of sp³-hybridized carbons (Fsp3) is 0.348. The molecule has 3 rings (SSSR count). The molecule has 0 fully saturated rings. The van der Waals surface area contributed by atoms with Crippen molar-refractivity contribution in [2.45, 2.75) is 13.3 Å². The Morgan fingerprint density at radius 2 is 1.76 bits per heavy atom. The average Bonchev–Trinajstić information content (AvgIpc) is 2.74. The molecule has 0 aliphatic carbocycles. The number of hydrogen-bond donors (Lipinski definition) is 2. The predicted octanol–water partition coefficient (Wildman–Crippen LogP) is 3.08. The summed E-state index contributed by atoms with van der Waals surface area (Å²) in [5, 5.41) is 12.3. The van der Waals surface area contributed by atoms with Gasteiger partial charge < -0.3 is 19.9 Å². The third-order valence-corrected chi connectivity index (χ3v) is 4.73. The number of carbonyl (C=O) groups excluding carboxylic acids is 1. The second kappa shape index (κ2) is 10.5. The highest BCUT2D eigenvalue weighted by molar-refractivity contribution is 5.78. The molecule has 0 aromatic heterocycles. The molecule has 0 saturated carbocycles. The molecule has 1 aliphatic heterocycles. The van der Waals surface area contributed by atoms with E-state index in [1.807, 2.05) is 43.3 Å². The Morgan fingerprint density at radius 3 is 2.38 bits per heavy atom. The van der Waals surface area contributed by atoms with Gasteiger partial charge in [0.1, 0.15) is 23.9 Å². The highest BCUT2D eigenvalue weighted by Crippen LogP contribution is 2.23. The number of nitrogens with zero attached hydrogens (tertiary/aromatic N) is 1. The van der Waals surface area contributed by atoms with Gasteiger partial charge in [0.25, 0.3) is 0 Å². The van der Waals surface area contributed by atoms with E-state index in [1.54, 1.807) is 12.1 Å². The van der Waals surface area contributed by atoms with Gasteiger partial charge in [-0.25, -0.2) is 0 Å². The lowest BCUT2D eigenvalue weighted by Crippen LogP contribution is -2.40. The molecular weight excluding hydrogens is 368 g/mol. The molecule has 29 heavy (non-hydrogen) atoms. The zero-order chi connectivity index (χ0) is 20.5. The standard InChI is InChI=1S/C23H28N2O4/c1-2-28-21-7-9-22(10-8-21)29-16-13-24-23(27)17-25-14-11-19(12-15-25)18-3-5-20(26)6-4-18/h3-11,26H,2,12-17H2,1H3,(H,24,27). The molecule has 154 valence electrons. The van der Waals surface area contributed by atoms with Crippen LogP contribution >= 0.6 is 0 Å². The van der Waals surface area contributed by atoms with Gasteiger partial charge in [-0.15, -0.1) is 0 Å². The first-order valence-electron chi connectivity index (χ1n) is 9.97. The van der Waals surface area contributed by atoms with Crippen molar-refractivity contribution in [3.63, 3.8) is 0 Å². The molecule has 0 unspecified atom stereocenters. The van der Waals surface area contributed by atoms with Crippen molar-refractivity contribution in [3.8, 4) is 17.2 Å². The SMILES string of the molecule is CCOc1ccc(OCCNC(=O)CN2CC=C(c3ccc(O)cc3)CC2)cc1. The minimum atomic E-state index is 0.00165. The van der Waals surface area contributed by atoms with Crippen LogP contribution in [0.2, 0.25) is 0 Å². The Balaban J connectivity index is 1.34. The zero-order valence-corrected chi connectivity index (χ0v) is 16.8. The van der Waals surface area contributed by atoms with Crippen molar-refractivity contribution in [1.82, 2.24) is 10.2 Å². The summed E-state index contributed by atoms with van der Waals surface area (Å²) in [5.41, 5.74) is 2.38. The Morgan fingerprint density at radius 1 is 1.07 bits per heavy atom. The summed E-state index contributed by atoms with van der Waals surface area (Å²) in [6.45, 7) is 5.43. The van der Waals surface area contributed by atoms with Gasteiger partial charge in [0.15, 0.2) is 0 Å². The predicted molar refractivity (Wildman–Crippen MR) is 113 cm³/mol. The minimum Gasteiger partial charge on any atom is -0.508 e. The summed E-state index contributed by atoms with van der Waals surface area (Å²) in [5.74, 6) is 1.85. The Kier molecular flexibility index (Phi) is 7.53. The van der Waals surface area contributed by atoms with Crippen LogP contribution in [0.25, 0.3) is 5.57 Å². The molecule has 0 bridgehead atoms. The summed E-state index contributed by atoms with van der Waals surface area (Å²) in [6.07, 6.45) is 3.04. The van der Waals surface area contributed by atoms with E-state index in [0.717, 1.165) is 36.6 Å². The fourth-order valence-corrected chi connectivity index (χ4v) is 3.21. The van der Waals surface area contributed by atoms with E-state index in [-0.39, 0.29) is 11.7 Å². The highest BCUT2D eigenvalue weighted by atomic mass is 16.5. The topological polar surface area (TPSA) is 71.0 Å². The van der Waals surface area contributed by atoms with Crippen LogP contribution in [0.4, 0.5) is 0 Å². The number of phenolic OH excluding ortho intramolecular Hbond substituents is 1. The molecule has 6 heteroatoms. The van der Waals surface area contributed by atoms with E-state index in [1.165, 1.54) is 5.57 Å². The monoisotopic (exact) mass is 396 g/mol. The third-order valence-electron chi connectivity index (χ3n) is 4.73. The van der Waals surface area contributed by atoms with Crippen LogP contribution in [0.15, 0.2) is 54.6 Å². The van der Waals surface area contributed by atoms with Gasteiger partial charge in [0.05, 0.1) is 19.7 Å². The molecule has 2 aromatic rings. The van der Waals surface area contributed by atoms with Crippen molar-refractivity contribution in [3.05, 3.63) is 60.2 Å². The maximum Gasteiger partial charge on any atom is 0.234 e. The van der Waals surface area contributed by atoms with Crippen molar-refractivity contribution in [1.29, 1.82) is 0 Å². The van der Waals surface area contributed by atoms with Crippen molar-refractivity contribution < 1.29 is 19.4 Å². The molecule has 0 saturated heterocycles. The number of carbonyl (C=O) groups is 1. The van der Waals surface area contributed by atoms with Crippen molar-refractivity contribution in [2.24, 2.45) is 0 Å². The molecule has 1 heterocycles. The molecule has 1 amide bonds. The summed E-state index contributed by atoms with van der Waals surface area (Å²) in [7, 11) is 0. The lowest BCUT2D eigenvalue weighted by Gasteiger charge is -2.25. The summed E-state index contributed by atoms with van der Waals surface area (Å²) >= 11 is 0. The second-order valence-corrected chi connectivity index (χ2v) is 6.86. The first kappa shape index (κ1) is 20.7. The van der Waals surface area contributed by atoms with Crippen LogP contribution in [0, 0.1) is 0 Å². The lowest BCUT2D eigenvalue weighted by molar-refractivity contribution is -0.122. The van der Waals surface area contributed by atoms with Crippen LogP contribution in [-0.4, -0.2) is 55.3 Å². The number of ether oxygens (including phenoxy) is 2. The number of amides is 1. The van der Waals surface area contributed by atoms with E-state index in [0.29, 0.717) is 26.3 Å². The quantitative estimate of drug-likeness (QED) is 0.638. The van der Waals surface area contributed by atoms with Gasteiger partial charge in [-0.1, -0.05) is 18.2 Å². The summed E-state index contributed by atoms with van der Waals surface area (Å²) < 4.78 is 11.0. The molecule has 2 N–H and O–H groups in total. The number of nitrogens with one attached hydrogen (secondary N) is 1. The first-order chi connectivity index (χ1) is 14.1. The van der Waals surface area contributed by atoms with Crippen LogP contribution in [0.1, 0.15) is 18.9 Å². The van der Waals surface area contributed by atoms with Gasteiger partial charge in [-0.2, -0.15) is 0 Å². The van der Waals surface area contributed by atoms with Gasteiger partial charge in [-0.3, -0.25) is 9.69 Å². The summed E-state index contributed by atoms with van der Waals surface area (Å²) in [6, 6.07) is 14.7. The summed E-state index contributed by atoms with van der Waals surface area (Å²) in [4.78, 5) is 14.3. The Hall–Kier alpha value is -2.99. The molecule has 2 aromatic carbocycles. The van der Waals surface area contributed by atoms with Gasteiger partial charge in [-0.05, 0) is 60.9 Å². The van der Waals surface area contributed by atoms with E-state index in [2.05, 4.69) is 16.3 Å². The fourth-order valence-electron chi connectivity index (χ4n) is 3.21. The minimum absolute atomic E-state index is 0.00165. The smallest absolute Gasteiger partial charge is 0.234 e. The largest absolute Gasteiger partial charge is 0.508 e. The van der Waals surface area contributed by atoms with Crippen molar-refractivity contribution >= 4 is 11.5 Å². The number of hydrogen-bond acceptors (Lipinski definition) is 5. The molecule has 0 spiro atoms. The molecule has 0 atom stereocenters. The van der Waals surface area contributed by atoms with E-state index < -0.39 is 0 Å². The first-order valence-corrected chi connectivity index (χ1v) is 9.97. The van der Waals surface area contributed by atoms with Crippen LogP contribution in [0.5, 0.6) is 17.2 Å². The van der Waals surface area contributed by atoms with Gasteiger partial charge in [0.2, 0.25) is 5.91 Å². The number of rotatable bonds is 9. The maximum absolute atomic E-state index is 12.2. The van der Waals surface area contributed by atoms with Crippen molar-refractivity contribution in [2.75, 3.05) is 39.4 Å². The van der Waals surface area contributed by atoms with Gasteiger partial charge in [0, 0.05) is 13.1 Å². The molecular formula is C23H28N2O4. The number of phenols is 1. The molecule has 6 nitrogen and oxygen atoms in total. The maximum atomic E-state index is 12.2. The van der Waals surface area contributed by atoms with Crippen LogP contribution in [0.3, 0.4) is 0 Å². The Labute approximate surface area is 171 Å². The van der Waals surface area contributed by atoms with E-state index >= 15 is 0 Å². The number of aromatic hydroxyl groups is 1. The van der Waals surface area contributed by atoms with Crippen LogP contribution < -0.4 is 14.8 Å². The van der Waals surface area contributed by atoms with E-state index in [4.69, 9.17) is 9.47 Å². The third kappa shape index (κ3) is 6.54. The zero-order valence-electron chi connectivity index (χ0n) is 16.8. The lowest BCUT2D eigenvalue weighted by atomic mass is 9.99. The van der Waals surface area contributed by atoms with E-state index in [9.17, 15) is 9.90 Å². The molecule has 0 radical (unpaired) electrons. The van der Waals surface area contributed by atoms with Gasteiger partial charge >= 0.3 is 0 Å². The van der Waals surface area contributed by atoms with Crippen LogP contribution in [-0.2, 0) is 4.79 Å². The average molecular weight is 396 g/mol. The highest BCUT2D eigenvalue weighted by Gasteiger charge is 2.15. The Bertz CT molecular complexity index is 816. The number of benzene rings is 2. The normalized spacial score (nSPS) is 14.2. The second-order valence-electron chi connectivity index (χ2n) is 6.86. The molecule has 1 aliphatic rings.